The number of cyclic esters (lactones) is 1. The summed E-state index contributed by atoms with van der Waals surface area (Å²) in [6.45, 7) is 8.33. The molecule has 4 nitrogen and oxygen atoms in total. The number of hydrogen-bond donors (Lipinski definition) is 0. The van der Waals surface area contributed by atoms with Crippen molar-refractivity contribution >= 4 is 74.9 Å². The molecule has 0 bridgehead atoms. The van der Waals surface area contributed by atoms with E-state index in [0.29, 0.717) is 5.56 Å². The number of aryl methyl sites for hydroxylation is 4. The highest BCUT2D eigenvalue weighted by Gasteiger charge is 2.48. The smallest absolute Gasteiger partial charge is 0.341 e. The topological polar surface area (TPSA) is 32.8 Å². The Kier molecular flexibility index (Phi) is 10.6. The number of halogens is 4. The molecule has 0 aliphatic carbocycles. The molecule has 0 N–H and O–H groups in total. The first-order valence-corrected chi connectivity index (χ1v) is 18.4. The van der Waals surface area contributed by atoms with E-state index in [1.165, 1.54) is 0 Å². The van der Waals surface area contributed by atoms with Crippen molar-refractivity contribution in [3.8, 4) is 0 Å². The molecule has 0 atom stereocenters. The molecule has 1 heterocycles. The predicted molar refractivity (Wildman–Crippen MR) is 221 cm³/mol. The van der Waals surface area contributed by atoms with Gasteiger partial charge in [0.15, 0.2) is 5.60 Å². The van der Waals surface area contributed by atoms with Crippen molar-refractivity contribution in [3.05, 3.63) is 173 Å². The van der Waals surface area contributed by atoms with Crippen molar-refractivity contribution in [2.45, 2.75) is 33.3 Å². The maximum atomic E-state index is 14.1. The fourth-order valence-corrected chi connectivity index (χ4v) is 7.56. The van der Waals surface area contributed by atoms with Gasteiger partial charge < -0.3 is 14.5 Å². The van der Waals surface area contributed by atoms with E-state index in [1.54, 1.807) is 0 Å². The molecule has 8 heteroatoms. The number of benzene rings is 5. The van der Waals surface area contributed by atoms with Gasteiger partial charge in [0.05, 0.1) is 25.7 Å². The van der Waals surface area contributed by atoms with Gasteiger partial charge in [0.2, 0.25) is 0 Å². The molecule has 52 heavy (non-hydrogen) atoms. The fraction of sp³-hybridized carbons (Fsp3) is 0.205. The predicted octanol–water partition coefficient (Wildman–Crippen LogP) is 12.3. The Morgan fingerprint density at radius 2 is 0.923 bits per heavy atom. The molecule has 0 spiro atoms. The molecule has 266 valence electrons. The van der Waals surface area contributed by atoms with Crippen LogP contribution in [0, 0.1) is 27.7 Å². The van der Waals surface area contributed by atoms with Gasteiger partial charge in [-0.1, -0.05) is 107 Å². The Morgan fingerprint density at radius 1 is 0.538 bits per heavy atom. The first-order valence-electron chi connectivity index (χ1n) is 16.9. The number of anilines is 2. The van der Waals surface area contributed by atoms with E-state index < -0.39 is 11.6 Å². The summed E-state index contributed by atoms with van der Waals surface area (Å²) in [6.07, 6.45) is 3.93. The quantitative estimate of drug-likeness (QED) is 0.0894. The van der Waals surface area contributed by atoms with Gasteiger partial charge in [-0.15, -0.1) is 0 Å². The van der Waals surface area contributed by atoms with E-state index in [4.69, 9.17) is 51.1 Å². The summed E-state index contributed by atoms with van der Waals surface area (Å²) in [4.78, 5) is 18.2. The summed E-state index contributed by atoms with van der Waals surface area (Å²) in [5, 5.41) is 0.123. The number of rotatable bonds is 8. The molecule has 1 aliphatic heterocycles. The maximum absolute atomic E-state index is 14.1. The first-order chi connectivity index (χ1) is 24.6. The highest BCUT2D eigenvalue weighted by molar-refractivity contribution is 6.53. The number of carbonyl (C=O) groups excluding carboxylic acids is 1. The van der Waals surface area contributed by atoms with Gasteiger partial charge >= 0.3 is 5.97 Å². The van der Waals surface area contributed by atoms with Crippen molar-refractivity contribution in [3.63, 3.8) is 0 Å². The molecule has 0 aromatic heterocycles. The highest BCUT2D eigenvalue weighted by Crippen LogP contribution is 2.53. The number of ether oxygens (including phenoxy) is 1. The number of fused-ring (bicyclic) bond motifs is 1. The molecular formula is C44H40Cl4N2O2. The normalized spacial score (nSPS) is 15.8. The summed E-state index contributed by atoms with van der Waals surface area (Å²) in [5.41, 5.74) is 10.8. The molecule has 0 amide bonds. The highest BCUT2D eigenvalue weighted by atomic mass is 35.5. The van der Waals surface area contributed by atoms with Gasteiger partial charge in [-0.3, -0.25) is 0 Å². The lowest BCUT2D eigenvalue weighted by molar-refractivity contribution is 0.0300. The molecule has 0 saturated heterocycles. The second-order valence-corrected chi connectivity index (χ2v) is 15.3. The van der Waals surface area contributed by atoms with Crippen molar-refractivity contribution in [2.24, 2.45) is 0 Å². The number of esters is 1. The Morgan fingerprint density at radius 3 is 1.31 bits per heavy atom. The maximum Gasteiger partial charge on any atom is 0.341 e. The Bertz CT molecular complexity index is 2150. The van der Waals surface area contributed by atoms with Gasteiger partial charge in [0, 0.05) is 45.1 Å². The second kappa shape index (κ2) is 14.7. The summed E-state index contributed by atoms with van der Waals surface area (Å²) < 4.78 is 6.58. The summed E-state index contributed by atoms with van der Waals surface area (Å²) in [7, 11) is 8.02. The van der Waals surface area contributed by atoms with Crippen LogP contribution in [0.2, 0.25) is 20.1 Å². The van der Waals surface area contributed by atoms with E-state index in [1.807, 2.05) is 50.1 Å². The van der Waals surface area contributed by atoms with Crippen LogP contribution in [-0.4, -0.2) is 34.2 Å². The van der Waals surface area contributed by atoms with Crippen molar-refractivity contribution in [1.82, 2.24) is 0 Å². The molecular weight excluding hydrogens is 730 g/mol. The molecule has 5 aromatic carbocycles. The van der Waals surface area contributed by atoms with Crippen LogP contribution in [-0.2, 0) is 10.3 Å². The number of nitrogens with zero attached hydrogens (tertiary/aromatic N) is 2. The molecule has 5 aromatic rings. The molecule has 0 unspecified atom stereocenters. The minimum atomic E-state index is -1.58. The Balaban J connectivity index is 1.77. The van der Waals surface area contributed by atoms with Gasteiger partial charge in [-0.05, 0) is 120 Å². The largest absolute Gasteiger partial charge is 0.442 e. The zero-order valence-corrected chi connectivity index (χ0v) is 33.5. The molecule has 0 radical (unpaired) electrons. The number of carbonyl (C=O) groups is 1. The van der Waals surface area contributed by atoms with Crippen LogP contribution >= 0.6 is 46.4 Å². The third-order valence-corrected chi connectivity index (χ3v) is 11.7. The van der Waals surface area contributed by atoms with Crippen LogP contribution in [0.5, 0.6) is 0 Å². The van der Waals surface area contributed by atoms with Gasteiger partial charge in [-0.2, -0.15) is 0 Å². The number of hydrogen-bond acceptors (Lipinski definition) is 4. The monoisotopic (exact) mass is 768 g/mol. The van der Waals surface area contributed by atoms with Crippen LogP contribution in [0.25, 0.3) is 11.1 Å². The van der Waals surface area contributed by atoms with Gasteiger partial charge in [0.1, 0.15) is 0 Å². The average molecular weight is 771 g/mol. The lowest BCUT2D eigenvalue weighted by Crippen LogP contribution is -2.23. The lowest BCUT2D eigenvalue weighted by Gasteiger charge is -2.28. The van der Waals surface area contributed by atoms with Gasteiger partial charge in [-0.25, -0.2) is 4.79 Å². The van der Waals surface area contributed by atoms with Crippen LogP contribution in [0.3, 0.4) is 0 Å². The van der Waals surface area contributed by atoms with Crippen molar-refractivity contribution < 1.29 is 9.53 Å². The van der Waals surface area contributed by atoms with E-state index in [-0.39, 0.29) is 25.7 Å². The minimum absolute atomic E-state index is 0.00453. The van der Waals surface area contributed by atoms with Crippen LogP contribution in [0.1, 0.15) is 60.4 Å². The van der Waals surface area contributed by atoms with Crippen LogP contribution in [0.15, 0.2) is 97.1 Å². The third-order valence-electron chi connectivity index (χ3n) is 9.87. The molecule has 0 fully saturated rings. The molecule has 6 rings (SSSR count). The summed E-state index contributed by atoms with van der Waals surface area (Å²) in [5.74, 6) is -0.655. The lowest BCUT2D eigenvalue weighted by atomic mass is 9.82. The SMILES string of the molecule is Cc1ccc(/C(=C\C2(/C=C(/c3ccc(N(C)C)cc3)c3ccc(C)c(C)c3)OC(=O)c3c(Cl)c(Cl)c(Cl)c(Cl)c32)c2ccc(N(C)C)cc2)cc1C. The van der Waals surface area contributed by atoms with Crippen molar-refractivity contribution in [1.29, 1.82) is 0 Å². The summed E-state index contributed by atoms with van der Waals surface area (Å²) >= 11 is 27.3. The fourth-order valence-electron chi connectivity index (χ4n) is 6.48. The molecule has 0 saturated carbocycles. The van der Waals surface area contributed by atoms with E-state index in [0.717, 1.165) is 67.0 Å². The molecule has 1 aliphatic rings. The standard InChI is InChI=1S/C44H40Cl4N2O2/c1-25-9-11-31(21-27(25)3)35(29-13-17-33(18-14-29)49(5)6)23-44(38-37(43(51)52-44)39(45)41(47)42(48)40(38)46)24-36(32-12-10-26(2)28(4)22-32)30-15-19-34(20-16-30)50(7)8/h9-24H,1-8H3/b35-23-,36-24-. The van der Waals surface area contributed by atoms with E-state index in [9.17, 15) is 4.79 Å². The van der Waals surface area contributed by atoms with E-state index >= 15 is 0 Å². The Labute approximate surface area is 326 Å². The second-order valence-electron chi connectivity index (χ2n) is 13.8. The average Bonchev–Trinajstić information content (AvgIpc) is 3.41. The zero-order valence-electron chi connectivity index (χ0n) is 30.5. The van der Waals surface area contributed by atoms with Crippen LogP contribution in [0.4, 0.5) is 11.4 Å². The first kappa shape index (κ1) is 37.6. The third kappa shape index (κ3) is 6.98. The minimum Gasteiger partial charge on any atom is -0.442 e. The summed E-state index contributed by atoms with van der Waals surface area (Å²) in [6, 6.07) is 29.2. The van der Waals surface area contributed by atoms with Crippen LogP contribution < -0.4 is 9.80 Å². The van der Waals surface area contributed by atoms with E-state index in [2.05, 4.69) is 113 Å². The Hall–Kier alpha value is -4.19. The zero-order chi connectivity index (χ0) is 37.6. The van der Waals surface area contributed by atoms with Gasteiger partial charge in [0.25, 0.3) is 0 Å². The van der Waals surface area contributed by atoms with Crippen molar-refractivity contribution in [2.75, 3.05) is 38.0 Å².